The van der Waals surface area contributed by atoms with Gasteiger partial charge in [0, 0.05) is 37.8 Å². The molecular weight excluding hydrogens is 234 g/mol. The summed E-state index contributed by atoms with van der Waals surface area (Å²) in [4.78, 5) is 5.55. The topological polar surface area (TPSA) is 18.5 Å². The van der Waals surface area contributed by atoms with E-state index in [-0.39, 0.29) is 0 Å². The second-order valence-electron chi connectivity index (χ2n) is 6.79. The Labute approximate surface area is 118 Å². The summed E-state index contributed by atoms with van der Waals surface area (Å²) in [6.07, 6.45) is 9.80. The van der Waals surface area contributed by atoms with Crippen LogP contribution in [0.3, 0.4) is 0 Å². The van der Waals surface area contributed by atoms with Crippen molar-refractivity contribution in [2.45, 2.75) is 70.0 Å². The number of fused-ring (bicyclic) bond motifs is 1. The van der Waals surface area contributed by atoms with Gasteiger partial charge in [-0.15, -0.1) is 0 Å². The molecule has 2 heterocycles. The van der Waals surface area contributed by atoms with Crippen molar-refractivity contribution in [1.29, 1.82) is 0 Å². The normalized spacial score (nSPS) is 37.4. The van der Waals surface area contributed by atoms with Gasteiger partial charge in [-0.1, -0.05) is 6.92 Å². The molecule has 2 aliphatic heterocycles. The Balaban J connectivity index is 1.44. The van der Waals surface area contributed by atoms with E-state index in [1.807, 2.05) is 0 Å². The molecule has 3 aliphatic rings. The predicted octanol–water partition coefficient (Wildman–Crippen LogP) is 2.08. The third kappa shape index (κ3) is 3.32. The summed E-state index contributed by atoms with van der Waals surface area (Å²) in [7, 11) is 0. The molecule has 110 valence electrons. The highest BCUT2D eigenvalue weighted by atomic mass is 15.3. The summed E-state index contributed by atoms with van der Waals surface area (Å²) in [5.41, 5.74) is 0. The quantitative estimate of drug-likeness (QED) is 0.839. The lowest BCUT2D eigenvalue weighted by Gasteiger charge is -2.44. The minimum absolute atomic E-state index is 0.809. The maximum Gasteiger partial charge on any atom is 0.0224 e. The van der Waals surface area contributed by atoms with Crippen LogP contribution in [0.2, 0.25) is 0 Å². The molecule has 0 aromatic rings. The van der Waals surface area contributed by atoms with Crippen LogP contribution < -0.4 is 5.32 Å². The van der Waals surface area contributed by atoms with Gasteiger partial charge in [0.1, 0.15) is 0 Å². The standard InChI is InChI=1S/C16H31N3/c1-2-9-17-14-5-7-15(8-6-14)19-12-11-18-10-3-4-16(18)13-19/h14-17H,2-13H2,1H3. The van der Waals surface area contributed by atoms with Crippen LogP contribution in [-0.2, 0) is 0 Å². The highest BCUT2D eigenvalue weighted by Crippen LogP contribution is 2.28. The Morgan fingerprint density at radius 1 is 0.895 bits per heavy atom. The third-order valence-corrected chi connectivity index (χ3v) is 5.51. The van der Waals surface area contributed by atoms with Gasteiger partial charge >= 0.3 is 0 Å². The molecule has 0 amide bonds. The van der Waals surface area contributed by atoms with Crippen molar-refractivity contribution in [3.63, 3.8) is 0 Å². The molecule has 0 bridgehead atoms. The molecule has 1 N–H and O–H groups in total. The number of piperazine rings is 1. The molecule has 0 aromatic carbocycles. The number of hydrogen-bond acceptors (Lipinski definition) is 3. The molecule has 1 atom stereocenters. The zero-order valence-electron chi connectivity index (χ0n) is 12.6. The molecule has 1 saturated carbocycles. The van der Waals surface area contributed by atoms with Gasteiger partial charge in [-0.25, -0.2) is 0 Å². The van der Waals surface area contributed by atoms with Crippen LogP contribution in [0.1, 0.15) is 51.9 Å². The van der Waals surface area contributed by atoms with Crippen molar-refractivity contribution in [3.05, 3.63) is 0 Å². The summed E-state index contributed by atoms with van der Waals surface area (Å²) >= 11 is 0. The van der Waals surface area contributed by atoms with Crippen molar-refractivity contribution in [2.24, 2.45) is 0 Å². The van der Waals surface area contributed by atoms with Crippen LogP contribution in [0.25, 0.3) is 0 Å². The molecule has 1 aliphatic carbocycles. The zero-order chi connectivity index (χ0) is 13.1. The van der Waals surface area contributed by atoms with Crippen LogP contribution in [0, 0.1) is 0 Å². The fourth-order valence-electron chi connectivity index (χ4n) is 4.34. The SMILES string of the molecule is CCCNC1CCC(N2CCN3CCCC3C2)CC1. The van der Waals surface area contributed by atoms with E-state index in [9.17, 15) is 0 Å². The molecule has 0 radical (unpaired) electrons. The van der Waals surface area contributed by atoms with Gasteiger partial charge in [0.05, 0.1) is 0 Å². The summed E-state index contributed by atoms with van der Waals surface area (Å²) in [5.74, 6) is 0. The van der Waals surface area contributed by atoms with Gasteiger partial charge in [0.2, 0.25) is 0 Å². The fraction of sp³-hybridized carbons (Fsp3) is 1.00. The number of nitrogens with one attached hydrogen (secondary N) is 1. The predicted molar refractivity (Wildman–Crippen MR) is 80.5 cm³/mol. The van der Waals surface area contributed by atoms with Crippen molar-refractivity contribution in [2.75, 3.05) is 32.7 Å². The monoisotopic (exact) mass is 265 g/mol. The first-order valence-electron chi connectivity index (χ1n) is 8.58. The molecule has 3 heteroatoms. The lowest BCUT2D eigenvalue weighted by Crippen LogP contribution is -2.54. The second-order valence-corrected chi connectivity index (χ2v) is 6.79. The molecule has 3 fully saturated rings. The second kappa shape index (κ2) is 6.55. The first kappa shape index (κ1) is 13.8. The van der Waals surface area contributed by atoms with E-state index < -0.39 is 0 Å². The maximum absolute atomic E-state index is 3.70. The highest BCUT2D eigenvalue weighted by Gasteiger charge is 2.34. The summed E-state index contributed by atoms with van der Waals surface area (Å²) in [5, 5.41) is 3.70. The first-order valence-corrected chi connectivity index (χ1v) is 8.58. The number of nitrogens with zero attached hydrogens (tertiary/aromatic N) is 2. The minimum atomic E-state index is 0.809. The maximum atomic E-state index is 3.70. The van der Waals surface area contributed by atoms with E-state index in [1.54, 1.807) is 0 Å². The average molecular weight is 265 g/mol. The van der Waals surface area contributed by atoms with Gasteiger partial charge in [-0.05, 0) is 58.0 Å². The molecule has 0 aromatic heterocycles. The van der Waals surface area contributed by atoms with Gasteiger partial charge in [-0.2, -0.15) is 0 Å². The van der Waals surface area contributed by atoms with Crippen molar-refractivity contribution < 1.29 is 0 Å². The van der Waals surface area contributed by atoms with E-state index in [0.29, 0.717) is 0 Å². The largest absolute Gasteiger partial charge is 0.314 e. The summed E-state index contributed by atoms with van der Waals surface area (Å²) < 4.78 is 0. The average Bonchev–Trinajstić information content (AvgIpc) is 2.93. The van der Waals surface area contributed by atoms with Crippen LogP contribution in [0.5, 0.6) is 0 Å². The molecule has 0 spiro atoms. The van der Waals surface area contributed by atoms with E-state index >= 15 is 0 Å². The van der Waals surface area contributed by atoms with Crippen LogP contribution in [0.4, 0.5) is 0 Å². The van der Waals surface area contributed by atoms with E-state index in [4.69, 9.17) is 0 Å². The van der Waals surface area contributed by atoms with Gasteiger partial charge < -0.3 is 5.32 Å². The van der Waals surface area contributed by atoms with Gasteiger partial charge in [0.25, 0.3) is 0 Å². The molecule has 3 rings (SSSR count). The Kier molecular flexibility index (Phi) is 4.78. The number of rotatable bonds is 4. The molecule has 1 unspecified atom stereocenters. The van der Waals surface area contributed by atoms with E-state index in [0.717, 1.165) is 18.1 Å². The Bertz CT molecular complexity index is 273. The third-order valence-electron chi connectivity index (χ3n) is 5.51. The minimum Gasteiger partial charge on any atom is -0.314 e. The zero-order valence-corrected chi connectivity index (χ0v) is 12.6. The Hall–Kier alpha value is -0.120. The first-order chi connectivity index (χ1) is 9.36. The molecular formula is C16H31N3. The van der Waals surface area contributed by atoms with Crippen molar-refractivity contribution >= 4 is 0 Å². The fourth-order valence-corrected chi connectivity index (χ4v) is 4.34. The number of hydrogen-bond donors (Lipinski definition) is 1. The summed E-state index contributed by atoms with van der Waals surface area (Å²) in [6.45, 7) is 8.85. The molecule has 3 nitrogen and oxygen atoms in total. The summed E-state index contributed by atoms with van der Waals surface area (Å²) in [6, 6.07) is 2.59. The van der Waals surface area contributed by atoms with Crippen LogP contribution in [0.15, 0.2) is 0 Å². The highest BCUT2D eigenvalue weighted by molar-refractivity contribution is 4.91. The van der Waals surface area contributed by atoms with E-state index in [1.165, 1.54) is 77.7 Å². The van der Waals surface area contributed by atoms with Crippen molar-refractivity contribution in [3.8, 4) is 0 Å². The molecule has 2 saturated heterocycles. The van der Waals surface area contributed by atoms with E-state index in [2.05, 4.69) is 22.0 Å². The smallest absolute Gasteiger partial charge is 0.0224 e. The Morgan fingerprint density at radius 3 is 2.47 bits per heavy atom. The van der Waals surface area contributed by atoms with Gasteiger partial charge in [0.15, 0.2) is 0 Å². The lowest BCUT2D eigenvalue weighted by molar-refractivity contribution is 0.0535. The van der Waals surface area contributed by atoms with Gasteiger partial charge in [-0.3, -0.25) is 9.80 Å². The van der Waals surface area contributed by atoms with Crippen molar-refractivity contribution in [1.82, 2.24) is 15.1 Å². The van der Waals surface area contributed by atoms with Crippen LogP contribution >= 0.6 is 0 Å². The lowest BCUT2D eigenvalue weighted by atomic mass is 9.89. The molecule has 19 heavy (non-hydrogen) atoms. The Morgan fingerprint density at radius 2 is 1.68 bits per heavy atom. The van der Waals surface area contributed by atoms with Crippen LogP contribution in [-0.4, -0.2) is 60.6 Å².